The average molecular weight is 225 g/mol. The Kier molecular flexibility index (Phi) is 3.72. The van der Waals surface area contributed by atoms with Crippen molar-refractivity contribution in [1.29, 1.82) is 0 Å². The molecule has 0 radical (unpaired) electrons. The highest BCUT2D eigenvalue weighted by molar-refractivity contribution is 7.07. The minimum Gasteiger partial charge on any atom is -0.311 e. The third kappa shape index (κ3) is 2.77. The van der Waals surface area contributed by atoms with Gasteiger partial charge in [0.1, 0.15) is 0 Å². The normalized spacial score (nSPS) is 28.1. The van der Waals surface area contributed by atoms with Crippen LogP contribution in [0.15, 0.2) is 10.9 Å². The fraction of sp³-hybridized carbons (Fsp3) is 0.727. The molecule has 2 heterocycles. The molecule has 1 aromatic rings. The smallest absolute Gasteiger partial charge is 0.0795 e. The summed E-state index contributed by atoms with van der Waals surface area (Å²) >= 11 is 1.68. The van der Waals surface area contributed by atoms with Crippen molar-refractivity contribution in [2.75, 3.05) is 13.1 Å². The number of nitrogens with zero attached hydrogens (tertiary/aromatic N) is 2. The highest BCUT2D eigenvalue weighted by Crippen LogP contribution is 2.13. The first-order chi connectivity index (χ1) is 7.29. The number of nitrogens with one attached hydrogen (secondary N) is 1. The van der Waals surface area contributed by atoms with E-state index in [-0.39, 0.29) is 0 Å². The van der Waals surface area contributed by atoms with E-state index in [0.717, 1.165) is 19.6 Å². The van der Waals surface area contributed by atoms with Crippen LogP contribution in [0.2, 0.25) is 0 Å². The molecule has 84 valence electrons. The molecule has 1 aliphatic rings. The Labute approximate surface area is 95.5 Å². The van der Waals surface area contributed by atoms with Gasteiger partial charge in [0.25, 0.3) is 0 Å². The molecule has 4 heteroatoms. The number of aromatic nitrogens is 1. The molecule has 1 saturated heterocycles. The van der Waals surface area contributed by atoms with Gasteiger partial charge in [-0.1, -0.05) is 6.92 Å². The third-order valence-corrected chi connectivity index (χ3v) is 3.76. The molecule has 1 aromatic heterocycles. The minimum absolute atomic E-state index is 0.620. The lowest BCUT2D eigenvalue weighted by Gasteiger charge is -2.38. The Balaban J connectivity index is 1.94. The SMILES string of the molecule is CCC1CN(Cc2cscn2)C(C)CN1. The zero-order valence-corrected chi connectivity index (χ0v) is 10.3. The van der Waals surface area contributed by atoms with Crippen molar-refractivity contribution >= 4 is 11.3 Å². The molecule has 1 N–H and O–H groups in total. The third-order valence-electron chi connectivity index (χ3n) is 3.12. The van der Waals surface area contributed by atoms with Crippen LogP contribution in [-0.4, -0.2) is 35.1 Å². The van der Waals surface area contributed by atoms with Crippen LogP contribution in [0.3, 0.4) is 0 Å². The maximum Gasteiger partial charge on any atom is 0.0795 e. The lowest BCUT2D eigenvalue weighted by Crippen LogP contribution is -2.54. The first kappa shape index (κ1) is 11.0. The fourth-order valence-electron chi connectivity index (χ4n) is 2.01. The van der Waals surface area contributed by atoms with Crippen LogP contribution >= 0.6 is 11.3 Å². The van der Waals surface area contributed by atoms with Crippen molar-refractivity contribution in [1.82, 2.24) is 15.2 Å². The molecule has 0 aromatic carbocycles. The fourth-order valence-corrected chi connectivity index (χ4v) is 2.56. The quantitative estimate of drug-likeness (QED) is 0.849. The van der Waals surface area contributed by atoms with Crippen molar-refractivity contribution in [3.05, 3.63) is 16.6 Å². The molecule has 0 saturated carbocycles. The van der Waals surface area contributed by atoms with Gasteiger partial charge in [0.05, 0.1) is 11.2 Å². The van der Waals surface area contributed by atoms with Crippen molar-refractivity contribution in [3.63, 3.8) is 0 Å². The summed E-state index contributed by atoms with van der Waals surface area (Å²) in [4.78, 5) is 6.88. The molecule has 0 spiro atoms. The maximum atomic E-state index is 4.35. The van der Waals surface area contributed by atoms with Crippen LogP contribution in [-0.2, 0) is 6.54 Å². The molecule has 1 aliphatic heterocycles. The van der Waals surface area contributed by atoms with E-state index in [0.29, 0.717) is 12.1 Å². The number of thiazole rings is 1. The number of piperazine rings is 1. The molecule has 2 unspecified atom stereocenters. The van der Waals surface area contributed by atoms with Gasteiger partial charge in [-0.05, 0) is 13.3 Å². The van der Waals surface area contributed by atoms with Crippen molar-refractivity contribution in [2.45, 2.75) is 38.9 Å². The average Bonchev–Trinajstić information content (AvgIpc) is 2.74. The first-order valence-corrected chi connectivity index (χ1v) is 6.58. The largest absolute Gasteiger partial charge is 0.311 e. The van der Waals surface area contributed by atoms with E-state index in [2.05, 4.69) is 34.4 Å². The van der Waals surface area contributed by atoms with Gasteiger partial charge in [0.15, 0.2) is 0 Å². The Bertz CT molecular complexity index is 286. The topological polar surface area (TPSA) is 28.2 Å². The molecule has 3 nitrogen and oxygen atoms in total. The van der Waals surface area contributed by atoms with E-state index in [1.165, 1.54) is 12.1 Å². The molecule has 2 atom stereocenters. The van der Waals surface area contributed by atoms with Crippen LogP contribution in [0.5, 0.6) is 0 Å². The van der Waals surface area contributed by atoms with Crippen LogP contribution in [0.4, 0.5) is 0 Å². The van der Waals surface area contributed by atoms with E-state index in [1.54, 1.807) is 11.3 Å². The molecule has 1 fully saturated rings. The zero-order chi connectivity index (χ0) is 10.7. The molecule has 0 aliphatic carbocycles. The minimum atomic E-state index is 0.620. The summed E-state index contributed by atoms with van der Waals surface area (Å²) in [6.07, 6.45) is 1.21. The van der Waals surface area contributed by atoms with E-state index in [1.807, 2.05) is 5.51 Å². The number of hydrogen-bond acceptors (Lipinski definition) is 4. The molecule has 15 heavy (non-hydrogen) atoms. The molecular weight excluding hydrogens is 206 g/mol. The molecule has 0 bridgehead atoms. The summed E-state index contributed by atoms with van der Waals surface area (Å²) in [5, 5.41) is 5.72. The highest BCUT2D eigenvalue weighted by Gasteiger charge is 2.23. The van der Waals surface area contributed by atoms with E-state index < -0.39 is 0 Å². The molecular formula is C11H19N3S. The van der Waals surface area contributed by atoms with Crippen LogP contribution in [0, 0.1) is 0 Å². The summed E-state index contributed by atoms with van der Waals surface area (Å²) < 4.78 is 0. The second-order valence-electron chi connectivity index (χ2n) is 4.27. The van der Waals surface area contributed by atoms with Gasteiger partial charge < -0.3 is 5.32 Å². The predicted molar refractivity (Wildman–Crippen MR) is 64.1 cm³/mol. The van der Waals surface area contributed by atoms with Gasteiger partial charge >= 0.3 is 0 Å². The van der Waals surface area contributed by atoms with Gasteiger partial charge in [-0.2, -0.15) is 0 Å². The Morgan fingerprint density at radius 2 is 2.53 bits per heavy atom. The summed E-state index contributed by atoms with van der Waals surface area (Å²) in [5.41, 5.74) is 3.13. The monoisotopic (exact) mass is 225 g/mol. The summed E-state index contributed by atoms with van der Waals surface area (Å²) in [7, 11) is 0. The zero-order valence-electron chi connectivity index (χ0n) is 9.44. The van der Waals surface area contributed by atoms with Crippen LogP contribution in [0.1, 0.15) is 26.0 Å². The lowest BCUT2D eigenvalue weighted by atomic mass is 10.1. The Hall–Kier alpha value is -0.450. The lowest BCUT2D eigenvalue weighted by molar-refractivity contribution is 0.130. The standard InChI is InChI=1S/C11H19N3S/c1-3-10-5-14(9(2)4-12-10)6-11-7-15-8-13-11/h7-10,12H,3-6H2,1-2H3. The summed E-state index contributed by atoms with van der Waals surface area (Å²) in [6, 6.07) is 1.27. The number of rotatable bonds is 3. The van der Waals surface area contributed by atoms with Crippen LogP contribution < -0.4 is 5.32 Å². The van der Waals surface area contributed by atoms with Gasteiger partial charge in [0.2, 0.25) is 0 Å². The van der Waals surface area contributed by atoms with Crippen LogP contribution in [0.25, 0.3) is 0 Å². The first-order valence-electron chi connectivity index (χ1n) is 5.64. The molecule has 2 rings (SSSR count). The van der Waals surface area contributed by atoms with Crippen molar-refractivity contribution in [2.24, 2.45) is 0 Å². The van der Waals surface area contributed by atoms with E-state index in [4.69, 9.17) is 0 Å². The maximum absolute atomic E-state index is 4.35. The van der Waals surface area contributed by atoms with Gasteiger partial charge in [-0.15, -0.1) is 11.3 Å². The summed E-state index contributed by atoms with van der Waals surface area (Å²) in [6.45, 7) is 7.78. The van der Waals surface area contributed by atoms with Gasteiger partial charge in [-0.3, -0.25) is 4.90 Å². The van der Waals surface area contributed by atoms with Gasteiger partial charge in [-0.25, -0.2) is 4.98 Å². The molecule has 0 amide bonds. The predicted octanol–water partition coefficient (Wildman–Crippen LogP) is 1.72. The highest BCUT2D eigenvalue weighted by atomic mass is 32.1. The van der Waals surface area contributed by atoms with Gasteiger partial charge in [0, 0.05) is 37.1 Å². The Morgan fingerprint density at radius 3 is 3.20 bits per heavy atom. The van der Waals surface area contributed by atoms with E-state index in [9.17, 15) is 0 Å². The Morgan fingerprint density at radius 1 is 1.67 bits per heavy atom. The van der Waals surface area contributed by atoms with E-state index >= 15 is 0 Å². The van der Waals surface area contributed by atoms with Crippen molar-refractivity contribution in [3.8, 4) is 0 Å². The second-order valence-corrected chi connectivity index (χ2v) is 4.99. The second kappa shape index (κ2) is 5.05. The van der Waals surface area contributed by atoms with Crippen molar-refractivity contribution < 1.29 is 0 Å². The number of hydrogen-bond donors (Lipinski definition) is 1. The summed E-state index contributed by atoms with van der Waals surface area (Å²) in [5.74, 6) is 0.